The number of halogens is 1. The Hall–Kier alpha value is -0.530. The molecule has 0 radical (unpaired) electrons. The van der Waals surface area contributed by atoms with E-state index in [4.69, 9.17) is 11.6 Å². The number of hydrogen-bond donors (Lipinski definition) is 1. The SMILES string of the molecule is CC(C)(C)C1CCC(CO)(Cc2cccc(Cl)c2)CC1. The molecule has 0 bridgehead atoms. The maximum atomic E-state index is 9.93. The van der Waals surface area contributed by atoms with Crippen molar-refractivity contribution in [2.24, 2.45) is 16.7 Å². The molecule has 1 nitrogen and oxygen atoms in total. The second kappa shape index (κ2) is 6.07. The van der Waals surface area contributed by atoms with Crippen molar-refractivity contribution in [3.05, 3.63) is 34.9 Å². The van der Waals surface area contributed by atoms with Crippen molar-refractivity contribution in [1.82, 2.24) is 0 Å². The monoisotopic (exact) mass is 294 g/mol. The Kier molecular flexibility index (Phi) is 4.81. The summed E-state index contributed by atoms with van der Waals surface area (Å²) in [6, 6.07) is 8.07. The highest BCUT2D eigenvalue weighted by Gasteiger charge is 2.38. The first-order valence-electron chi connectivity index (χ1n) is 7.70. The highest BCUT2D eigenvalue weighted by molar-refractivity contribution is 6.30. The summed E-state index contributed by atoms with van der Waals surface area (Å²) in [6.45, 7) is 7.29. The second-order valence-electron chi connectivity index (χ2n) is 7.61. The van der Waals surface area contributed by atoms with Crippen molar-refractivity contribution in [2.45, 2.75) is 52.9 Å². The lowest BCUT2D eigenvalue weighted by Crippen LogP contribution is -2.36. The Balaban J connectivity index is 2.05. The van der Waals surface area contributed by atoms with Crippen LogP contribution in [0.25, 0.3) is 0 Å². The summed E-state index contributed by atoms with van der Waals surface area (Å²) in [4.78, 5) is 0. The molecule has 20 heavy (non-hydrogen) atoms. The lowest BCUT2D eigenvalue weighted by molar-refractivity contribution is 0.0369. The molecular weight excluding hydrogens is 268 g/mol. The van der Waals surface area contributed by atoms with Gasteiger partial charge >= 0.3 is 0 Å². The smallest absolute Gasteiger partial charge is 0.0490 e. The Morgan fingerprint density at radius 3 is 2.40 bits per heavy atom. The van der Waals surface area contributed by atoms with Gasteiger partial charge in [0.15, 0.2) is 0 Å². The van der Waals surface area contributed by atoms with Crippen molar-refractivity contribution >= 4 is 11.6 Å². The van der Waals surface area contributed by atoms with Gasteiger partial charge in [-0.25, -0.2) is 0 Å². The molecule has 0 heterocycles. The van der Waals surface area contributed by atoms with E-state index in [1.54, 1.807) is 0 Å². The standard InChI is InChI=1S/C18H27ClO/c1-17(2,3)15-7-9-18(13-20,10-8-15)12-14-5-4-6-16(19)11-14/h4-6,11,15,20H,7-10,12-13H2,1-3H3. The van der Waals surface area contributed by atoms with Crippen molar-refractivity contribution in [1.29, 1.82) is 0 Å². The molecule has 2 heteroatoms. The molecule has 1 aliphatic carbocycles. The van der Waals surface area contributed by atoms with Gasteiger partial charge in [-0.05, 0) is 66.5 Å². The van der Waals surface area contributed by atoms with Crippen molar-refractivity contribution in [2.75, 3.05) is 6.61 Å². The number of aliphatic hydroxyl groups excluding tert-OH is 1. The largest absolute Gasteiger partial charge is 0.396 e. The van der Waals surface area contributed by atoms with Gasteiger partial charge in [0.1, 0.15) is 0 Å². The summed E-state index contributed by atoms with van der Waals surface area (Å²) in [5, 5.41) is 10.7. The molecular formula is C18H27ClO. The zero-order valence-electron chi connectivity index (χ0n) is 13.0. The normalized spacial score (nSPS) is 27.6. The van der Waals surface area contributed by atoms with E-state index in [9.17, 15) is 5.11 Å². The minimum Gasteiger partial charge on any atom is -0.396 e. The summed E-state index contributed by atoms with van der Waals surface area (Å²) < 4.78 is 0. The van der Waals surface area contributed by atoms with Gasteiger partial charge in [-0.3, -0.25) is 0 Å². The van der Waals surface area contributed by atoms with Crippen LogP contribution in [0, 0.1) is 16.7 Å². The van der Waals surface area contributed by atoms with Gasteiger partial charge in [0.2, 0.25) is 0 Å². The summed E-state index contributed by atoms with van der Waals surface area (Å²) in [6.07, 6.45) is 5.64. The van der Waals surface area contributed by atoms with E-state index in [2.05, 4.69) is 26.8 Å². The van der Waals surface area contributed by atoms with E-state index in [1.165, 1.54) is 18.4 Å². The first-order chi connectivity index (χ1) is 9.35. The minimum atomic E-state index is 0.0619. The third-order valence-electron chi connectivity index (χ3n) is 5.07. The molecule has 2 rings (SSSR count). The number of benzene rings is 1. The zero-order chi connectivity index (χ0) is 14.8. The van der Waals surface area contributed by atoms with E-state index in [-0.39, 0.29) is 12.0 Å². The summed E-state index contributed by atoms with van der Waals surface area (Å²) in [5.41, 5.74) is 1.70. The van der Waals surface area contributed by atoms with E-state index < -0.39 is 0 Å². The quantitative estimate of drug-likeness (QED) is 0.822. The summed E-state index contributed by atoms with van der Waals surface area (Å²) in [7, 11) is 0. The predicted octanol–water partition coefficient (Wildman–Crippen LogP) is 5.10. The Labute approximate surface area is 128 Å². The predicted molar refractivity (Wildman–Crippen MR) is 86.1 cm³/mol. The van der Waals surface area contributed by atoms with Gasteiger partial charge in [0, 0.05) is 11.6 Å². The molecule has 0 spiro atoms. The Morgan fingerprint density at radius 1 is 1.25 bits per heavy atom. The zero-order valence-corrected chi connectivity index (χ0v) is 13.7. The molecule has 0 aromatic heterocycles. The molecule has 0 saturated heterocycles. The van der Waals surface area contributed by atoms with Gasteiger partial charge < -0.3 is 5.11 Å². The van der Waals surface area contributed by atoms with E-state index in [1.807, 2.05) is 18.2 Å². The lowest BCUT2D eigenvalue weighted by atomic mass is 9.62. The van der Waals surface area contributed by atoms with E-state index >= 15 is 0 Å². The van der Waals surface area contributed by atoms with Crippen molar-refractivity contribution in [3.63, 3.8) is 0 Å². The molecule has 112 valence electrons. The van der Waals surface area contributed by atoms with Crippen LogP contribution in [0.1, 0.15) is 52.0 Å². The Morgan fingerprint density at radius 2 is 1.90 bits per heavy atom. The van der Waals surface area contributed by atoms with Crippen LogP contribution in [-0.2, 0) is 6.42 Å². The third kappa shape index (κ3) is 3.77. The molecule has 0 unspecified atom stereocenters. The first-order valence-corrected chi connectivity index (χ1v) is 8.08. The highest BCUT2D eigenvalue weighted by atomic mass is 35.5. The van der Waals surface area contributed by atoms with Crippen LogP contribution >= 0.6 is 11.6 Å². The fourth-order valence-corrected chi connectivity index (χ4v) is 3.78. The van der Waals surface area contributed by atoms with Gasteiger partial charge in [-0.1, -0.05) is 44.5 Å². The molecule has 1 aliphatic rings. The third-order valence-corrected chi connectivity index (χ3v) is 5.31. The molecule has 1 aromatic carbocycles. The number of hydrogen-bond acceptors (Lipinski definition) is 1. The van der Waals surface area contributed by atoms with Crippen molar-refractivity contribution in [3.8, 4) is 0 Å². The van der Waals surface area contributed by atoms with E-state index in [0.29, 0.717) is 5.41 Å². The summed E-state index contributed by atoms with van der Waals surface area (Å²) >= 11 is 6.07. The van der Waals surface area contributed by atoms with Crippen LogP contribution in [-0.4, -0.2) is 11.7 Å². The fourth-order valence-electron chi connectivity index (χ4n) is 3.57. The molecule has 0 aliphatic heterocycles. The van der Waals surface area contributed by atoms with Crippen LogP contribution in [0.3, 0.4) is 0 Å². The summed E-state index contributed by atoms with van der Waals surface area (Å²) in [5.74, 6) is 0.779. The average molecular weight is 295 g/mol. The lowest BCUT2D eigenvalue weighted by Gasteiger charge is -2.43. The van der Waals surface area contributed by atoms with Crippen LogP contribution in [0.15, 0.2) is 24.3 Å². The molecule has 1 N–H and O–H groups in total. The molecule has 1 aromatic rings. The van der Waals surface area contributed by atoms with E-state index in [0.717, 1.165) is 30.2 Å². The van der Waals surface area contributed by atoms with Gasteiger partial charge in [0.05, 0.1) is 0 Å². The molecule has 0 atom stereocenters. The highest BCUT2D eigenvalue weighted by Crippen LogP contribution is 2.46. The maximum Gasteiger partial charge on any atom is 0.0490 e. The van der Waals surface area contributed by atoms with Crippen LogP contribution in [0.2, 0.25) is 5.02 Å². The van der Waals surface area contributed by atoms with Gasteiger partial charge in [-0.15, -0.1) is 0 Å². The molecule has 1 saturated carbocycles. The average Bonchev–Trinajstić information content (AvgIpc) is 2.38. The van der Waals surface area contributed by atoms with Crippen LogP contribution in [0.5, 0.6) is 0 Å². The number of aliphatic hydroxyl groups is 1. The molecule has 1 fully saturated rings. The maximum absolute atomic E-state index is 9.93. The topological polar surface area (TPSA) is 20.2 Å². The van der Waals surface area contributed by atoms with Crippen molar-refractivity contribution < 1.29 is 5.11 Å². The Bertz CT molecular complexity index is 439. The molecule has 0 amide bonds. The number of rotatable bonds is 3. The second-order valence-corrected chi connectivity index (χ2v) is 8.04. The van der Waals surface area contributed by atoms with Crippen LogP contribution < -0.4 is 0 Å². The van der Waals surface area contributed by atoms with Gasteiger partial charge in [0.25, 0.3) is 0 Å². The fraction of sp³-hybridized carbons (Fsp3) is 0.667. The van der Waals surface area contributed by atoms with Gasteiger partial charge in [-0.2, -0.15) is 0 Å². The first kappa shape index (κ1) is 15.9. The van der Waals surface area contributed by atoms with Crippen LogP contribution in [0.4, 0.5) is 0 Å². The minimum absolute atomic E-state index is 0.0619.